The Morgan fingerprint density at radius 3 is 2.54 bits per heavy atom. The number of aryl methyl sites for hydroxylation is 2. The molecule has 1 aliphatic rings. The molecular weight excluding hydrogens is 324 g/mol. The van der Waals surface area contributed by atoms with Gasteiger partial charge < -0.3 is 0 Å². The molecule has 0 bridgehead atoms. The van der Waals surface area contributed by atoms with E-state index in [9.17, 15) is 0 Å². The Hall–Kier alpha value is -2.60. The highest BCUT2D eigenvalue weighted by Gasteiger charge is 2.24. The van der Waals surface area contributed by atoms with E-state index in [-0.39, 0.29) is 0 Å². The van der Waals surface area contributed by atoms with Crippen molar-refractivity contribution < 1.29 is 0 Å². The fraction of sp³-hybridized carbons (Fsp3) is 0.400. The number of nitrogens with zero attached hydrogens (tertiary/aromatic N) is 5. The van der Waals surface area contributed by atoms with Gasteiger partial charge in [0.15, 0.2) is 5.82 Å². The summed E-state index contributed by atoms with van der Waals surface area (Å²) in [7, 11) is 0. The highest BCUT2D eigenvalue weighted by Crippen LogP contribution is 2.27. The number of piperidine rings is 1. The molecule has 6 heteroatoms. The molecule has 0 saturated carbocycles. The fourth-order valence-corrected chi connectivity index (χ4v) is 3.64. The number of aromatic nitrogens is 5. The van der Waals surface area contributed by atoms with Crippen molar-refractivity contribution in [3.63, 3.8) is 0 Å². The maximum absolute atomic E-state index is 4.73. The molecule has 0 atom stereocenters. The predicted molar refractivity (Wildman–Crippen MR) is 101 cm³/mol. The third-order valence-corrected chi connectivity index (χ3v) is 4.91. The van der Waals surface area contributed by atoms with Crippen molar-refractivity contribution in [2.45, 2.75) is 39.2 Å². The topological polar surface area (TPSA) is 70.6 Å². The van der Waals surface area contributed by atoms with Crippen molar-refractivity contribution in [3.05, 3.63) is 59.4 Å². The minimum absolute atomic E-state index is 0.449. The minimum Gasteiger partial charge on any atom is -0.297 e. The fourth-order valence-electron chi connectivity index (χ4n) is 3.64. The molecule has 1 fully saturated rings. The van der Waals surface area contributed by atoms with Crippen molar-refractivity contribution in [3.8, 4) is 11.4 Å². The summed E-state index contributed by atoms with van der Waals surface area (Å²) < 4.78 is 0. The number of benzene rings is 1. The number of hydrogen-bond acceptors (Lipinski definition) is 5. The van der Waals surface area contributed by atoms with Gasteiger partial charge in [0, 0.05) is 23.7 Å². The zero-order valence-electron chi connectivity index (χ0n) is 15.3. The monoisotopic (exact) mass is 348 g/mol. The second kappa shape index (κ2) is 7.33. The number of likely N-dealkylation sites (tertiary alicyclic amines) is 1. The molecule has 2 aromatic heterocycles. The number of nitrogens with one attached hydrogen (secondary N) is 1. The zero-order chi connectivity index (χ0) is 17.9. The van der Waals surface area contributed by atoms with Crippen LogP contribution in [0.3, 0.4) is 0 Å². The average molecular weight is 348 g/mol. The van der Waals surface area contributed by atoms with Crippen molar-refractivity contribution in [1.82, 2.24) is 30.0 Å². The van der Waals surface area contributed by atoms with Crippen molar-refractivity contribution >= 4 is 0 Å². The first-order valence-electron chi connectivity index (χ1n) is 9.18. The summed E-state index contributed by atoms with van der Waals surface area (Å²) in [6.45, 7) is 6.97. The van der Waals surface area contributed by atoms with Gasteiger partial charge in [0.05, 0.1) is 5.69 Å². The van der Waals surface area contributed by atoms with Gasteiger partial charge in [-0.15, -0.1) is 0 Å². The van der Waals surface area contributed by atoms with Gasteiger partial charge >= 0.3 is 0 Å². The number of aromatic amines is 1. The largest absolute Gasteiger partial charge is 0.297 e. The Morgan fingerprint density at radius 2 is 1.81 bits per heavy atom. The third-order valence-electron chi connectivity index (χ3n) is 4.91. The van der Waals surface area contributed by atoms with Gasteiger partial charge in [-0.2, -0.15) is 5.10 Å². The van der Waals surface area contributed by atoms with Crippen molar-refractivity contribution in [2.24, 2.45) is 0 Å². The van der Waals surface area contributed by atoms with Crippen LogP contribution in [0.2, 0.25) is 0 Å². The summed E-state index contributed by atoms with van der Waals surface area (Å²) in [5.41, 5.74) is 3.21. The smallest absolute Gasteiger partial charge is 0.181 e. The van der Waals surface area contributed by atoms with Gasteiger partial charge in [0.2, 0.25) is 0 Å². The maximum Gasteiger partial charge on any atom is 0.181 e. The van der Waals surface area contributed by atoms with E-state index in [4.69, 9.17) is 4.98 Å². The molecule has 1 aromatic carbocycles. The SMILES string of the molecule is Cc1cc(CN2CCC(c3nc(-c4ccccc4)n[nH]3)CC2)nc(C)n1. The van der Waals surface area contributed by atoms with Crippen LogP contribution in [0.1, 0.15) is 41.8 Å². The molecule has 3 aromatic rings. The Morgan fingerprint density at radius 1 is 1.04 bits per heavy atom. The standard InChI is InChI=1S/C20H24N6/c1-14-12-18(22-15(2)21-14)13-26-10-8-17(9-11-26)20-23-19(24-25-20)16-6-4-3-5-7-16/h3-7,12,17H,8-11,13H2,1-2H3,(H,23,24,25). The van der Waals surface area contributed by atoms with E-state index in [1.165, 1.54) is 0 Å². The van der Waals surface area contributed by atoms with Crippen LogP contribution in [0, 0.1) is 13.8 Å². The van der Waals surface area contributed by atoms with Crippen molar-refractivity contribution in [2.75, 3.05) is 13.1 Å². The normalized spacial score (nSPS) is 16.1. The van der Waals surface area contributed by atoms with Gasteiger partial charge in [0.1, 0.15) is 11.6 Å². The van der Waals surface area contributed by atoms with Crippen LogP contribution in [-0.2, 0) is 6.54 Å². The second-order valence-corrected chi connectivity index (χ2v) is 7.01. The highest BCUT2D eigenvalue weighted by atomic mass is 15.2. The van der Waals surface area contributed by atoms with Gasteiger partial charge in [0.25, 0.3) is 0 Å². The van der Waals surface area contributed by atoms with E-state index < -0.39 is 0 Å². The second-order valence-electron chi connectivity index (χ2n) is 7.01. The molecule has 0 aliphatic carbocycles. The van der Waals surface area contributed by atoms with E-state index in [1.807, 2.05) is 44.2 Å². The van der Waals surface area contributed by atoms with Crippen molar-refractivity contribution in [1.29, 1.82) is 0 Å². The summed E-state index contributed by atoms with van der Waals surface area (Å²) in [4.78, 5) is 16.1. The summed E-state index contributed by atoms with van der Waals surface area (Å²) in [5.74, 6) is 3.10. The summed E-state index contributed by atoms with van der Waals surface area (Å²) in [5, 5.41) is 7.55. The Balaban J connectivity index is 1.37. The lowest BCUT2D eigenvalue weighted by Gasteiger charge is -2.30. The van der Waals surface area contributed by atoms with E-state index in [0.29, 0.717) is 5.92 Å². The summed E-state index contributed by atoms with van der Waals surface area (Å²) in [6, 6.07) is 12.2. The molecule has 134 valence electrons. The molecule has 26 heavy (non-hydrogen) atoms. The predicted octanol–water partition coefficient (Wildman–Crippen LogP) is 3.26. The third kappa shape index (κ3) is 3.80. The maximum atomic E-state index is 4.73. The number of hydrogen-bond donors (Lipinski definition) is 1. The van der Waals surface area contributed by atoms with Crippen LogP contribution >= 0.6 is 0 Å². The van der Waals surface area contributed by atoms with Crippen LogP contribution in [0.15, 0.2) is 36.4 Å². The molecule has 0 amide bonds. The van der Waals surface area contributed by atoms with E-state index in [1.54, 1.807) is 0 Å². The molecule has 0 unspecified atom stereocenters. The van der Waals surface area contributed by atoms with E-state index in [0.717, 1.165) is 66.9 Å². The van der Waals surface area contributed by atoms with Gasteiger partial charge in [-0.05, 0) is 45.8 Å². The first-order chi connectivity index (χ1) is 12.7. The Labute approximate surface area is 153 Å². The molecule has 1 saturated heterocycles. The Bertz CT molecular complexity index is 845. The number of rotatable bonds is 4. The first kappa shape index (κ1) is 16.8. The molecule has 6 nitrogen and oxygen atoms in total. The first-order valence-corrected chi connectivity index (χ1v) is 9.18. The zero-order valence-corrected chi connectivity index (χ0v) is 15.3. The lowest BCUT2D eigenvalue weighted by atomic mass is 9.96. The van der Waals surface area contributed by atoms with Crippen LogP contribution in [0.4, 0.5) is 0 Å². The summed E-state index contributed by atoms with van der Waals surface area (Å²) in [6.07, 6.45) is 2.18. The molecular formula is C20H24N6. The molecule has 0 spiro atoms. The highest BCUT2D eigenvalue weighted by molar-refractivity contribution is 5.53. The average Bonchev–Trinajstić information content (AvgIpc) is 3.12. The molecule has 1 N–H and O–H groups in total. The lowest BCUT2D eigenvalue weighted by Crippen LogP contribution is -2.33. The number of H-pyrrole nitrogens is 1. The van der Waals surface area contributed by atoms with Crippen LogP contribution in [-0.4, -0.2) is 43.1 Å². The molecule has 1 aliphatic heterocycles. The molecule has 0 radical (unpaired) electrons. The van der Waals surface area contributed by atoms with Crippen LogP contribution in [0.5, 0.6) is 0 Å². The van der Waals surface area contributed by atoms with Crippen LogP contribution in [0.25, 0.3) is 11.4 Å². The quantitative estimate of drug-likeness (QED) is 0.784. The van der Waals surface area contributed by atoms with Gasteiger partial charge in [-0.25, -0.2) is 15.0 Å². The molecule has 4 rings (SSSR count). The summed E-state index contributed by atoms with van der Waals surface area (Å²) >= 11 is 0. The van der Waals surface area contributed by atoms with E-state index >= 15 is 0 Å². The molecule has 3 heterocycles. The minimum atomic E-state index is 0.449. The van der Waals surface area contributed by atoms with Gasteiger partial charge in [-0.1, -0.05) is 30.3 Å². The Kier molecular flexibility index (Phi) is 4.75. The van der Waals surface area contributed by atoms with E-state index in [2.05, 4.69) is 31.1 Å². The van der Waals surface area contributed by atoms with Gasteiger partial charge in [-0.3, -0.25) is 10.00 Å². The lowest BCUT2D eigenvalue weighted by molar-refractivity contribution is 0.199. The van der Waals surface area contributed by atoms with Crippen LogP contribution < -0.4 is 0 Å².